The molecule has 0 amide bonds. The van der Waals surface area contributed by atoms with Crippen molar-refractivity contribution in [2.24, 2.45) is 0 Å². The molecule has 0 atom stereocenters. The fourth-order valence-electron chi connectivity index (χ4n) is 3.32. The third-order valence-corrected chi connectivity index (χ3v) is 9.57. The fourth-order valence-corrected chi connectivity index (χ4v) is 7.92. The Morgan fingerprint density at radius 2 is 1.04 bits per heavy atom. The molecule has 0 saturated carbocycles. The van der Waals surface area contributed by atoms with Crippen LogP contribution < -0.4 is 15.9 Å². The van der Waals surface area contributed by atoms with E-state index in [-0.39, 0.29) is 0 Å². The average molecular weight is 336 g/mol. The summed E-state index contributed by atoms with van der Waals surface area (Å²) in [4.78, 5) is 12.9. The van der Waals surface area contributed by atoms with E-state index in [1.165, 1.54) is 0 Å². The summed E-state index contributed by atoms with van der Waals surface area (Å²) in [6, 6.07) is 30.7. The number of rotatable bonds is 6. The van der Waals surface area contributed by atoms with E-state index in [0.717, 1.165) is 21.9 Å². The molecule has 0 aliphatic carbocycles. The Bertz CT molecular complexity index is 702. The van der Waals surface area contributed by atoms with Crippen LogP contribution in [0, 0.1) is 0 Å². The van der Waals surface area contributed by atoms with E-state index in [1.54, 1.807) is 0 Å². The van der Waals surface area contributed by atoms with Gasteiger partial charge in [-0.25, -0.2) is 0 Å². The topological polar surface area (TPSA) is 26.3 Å². The minimum atomic E-state index is -3.64. The second-order valence-electron chi connectivity index (χ2n) is 5.63. The van der Waals surface area contributed by atoms with Crippen LogP contribution >= 0.6 is 6.83 Å². The van der Waals surface area contributed by atoms with Gasteiger partial charge >= 0.3 is 143 Å². The zero-order valence-electron chi connectivity index (χ0n) is 13.7. The zero-order valence-corrected chi connectivity index (χ0v) is 14.6. The Balaban J connectivity index is 2.49. The van der Waals surface area contributed by atoms with Crippen molar-refractivity contribution in [2.75, 3.05) is 6.61 Å². The van der Waals surface area contributed by atoms with E-state index in [9.17, 15) is 4.79 Å². The maximum absolute atomic E-state index is 12.9. The van der Waals surface area contributed by atoms with E-state index in [1.807, 2.05) is 97.9 Å². The standard InChI is InChI=1S/C21H21O2P/c1-2-23-24(18-22,19-12-6-3-7-13-19,20-14-8-4-9-15-20)21-16-10-5-11-17-21/h3-18H,2H2,1H3. The predicted molar refractivity (Wildman–Crippen MR) is 104 cm³/mol. The van der Waals surface area contributed by atoms with Crippen LogP contribution in [0.4, 0.5) is 0 Å². The Kier molecular flexibility index (Phi) is 4.62. The Morgan fingerprint density at radius 3 is 1.29 bits per heavy atom. The first-order valence-electron chi connectivity index (χ1n) is 8.08. The summed E-state index contributed by atoms with van der Waals surface area (Å²) in [5.41, 5.74) is 0. The van der Waals surface area contributed by atoms with Gasteiger partial charge in [0.25, 0.3) is 0 Å². The molecule has 0 saturated heterocycles. The van der Waals surface area contributed by atoms with E-state index in [2.05, 4.69) is 0 Å². The third-order valence-electron chi connectivity index (χ3n) is 4.41. The van der Waals surface area contributed by atoms with Crippen molar-refractivity contribution in [3.05, 3.63) is 91.0 Å². The van der Waals surface area contributed by atoms with Gasteiger partial charge in [0.2, 0.25) is 0 Å². The third kappa shape index (κ3) is 2.31. The van der Waals surface area contributed by atoms with Gasteiger partial charge in [0.15, 0.2) is 0 Å². The molecule has 0 aromatic heterocycles. The summed E-state index contributed by atoms with van der Waals surface area (Å²) in [6.07, 6.45) is 0. The molecule has 0 radical (unpaired) electrons. The quantitative estimate of drug-likeness (QED) is 0.507. The van der Waals surface area contributed by atoms with E-state index < -0.39 is 6.83 Å². The monoisotopic (exact) mass is 336 g/mol. The summed E-state index contributed by atoms with van der Waals surface area (Å²) in [6.45, 7) is -1.24. The normalized spacial score (nSPS) is 13.0. The Labute approximate surface area is 143 Å². The van der Waals surface area contributed by atoms with Crippen LogP contribution in [-0.2, 0) is 9.32 Å². The molecule has 0 aliphatic rings. The molecule has 0 bridgehead atoms. The maximum atomic E-state index is 12.9. The van der Waals surface area contributed by atoms with Gasteiger partial charge in [0, 0.05) is 0 Å². The fraction of sp³-hybridized carbons (Fsp3) is 0.0952. The van der Waals surface area contributed by atoms with Gasteiger partial charge in [-0.2, -0.15) is 0 Å². The zero-order chi connectivity index (χ0) is 16.9. The van der Waals surface area contributed by atoms with Crippen LogP contribution in [0.2, 0.25) is 0 Å². The van der Waals surface area contributed by atoms with Gasteiger partial charge in [-0.15, -0.1) is 0 Å². The molecule has 24 heavy (non-hydrogen) atoms. The predicted octanol–water partition coefficient (Wildman–Crippen LogP) is 3.66. The second kappa shape index (κ2) is 6.68. The molecular weight excluding hydrogens is 315 g/mol. The minimum absolute atomic E-state index is 0.454. The second-order valence-corrected chi connectivity index (χ2v) is 9.85. The molecule has 0 N–H and O–H groups in total. The summed E-state index contributed by atoms with van der Waals surface area (Å²) >= 11 is 0. The van der Waals surface area contributed by atoms with Crippen molar-refractivity contribution < 1.29 is 9.32 Å². The van der Waals surface area contributed by atoms with Crippen LogP contribution in [0.3, 0.4) is 0 Å². The average Bonchev–Trinajstić information content (AvgIpc) is 2.69. The molecule has 3 aromatic carbocycles. The first-order valence-corrected chi connectivity index (χ1v) is 10.3. The summed E-state index contributed by atoms with van der Waals surface area (Å²) in [5, 5.41) is 2.79. The van der Waals surface area contributed by atoms with E-state index in [0.29, 0.717) is 6.61 Å². The van der Waals surface area contributed by atoms with Gasteiger partial charge in [-0.3, -0.25) is 0 Å². The molecule has 0 aliphatic heterocycles. The van der Waals surface area contributed by atoms with E-state index in [4.69, 9.17) is 4.52 Å². The summed E-state index contributed by atoms with van der Waals surface area (Å²) in [7, 11) is 0. The van der Waals surface area contributed by atoms with Gasteiger partial charge in [-0.05, 0) is 0 Å². The molecule has 122 valence electrons. The molecule has 0 fully saturated rings. The molecular formula is C21H21O2P. The number of carbonyl (C=O) groups excluding carboxylic acids is 1. The molecule has 3 aromatic rings. The number of benzene rings is 3. The molecule has 0 heterocycles. The molecule has 3 heteroatoms. The van der Waals surface area contributed by atoms with Crippen molar-refractivity contribution in [3.63, 3.8) is 0 Å². The molecule has 2 nitrogen and oxygen atoms in total. The van der Waals surface area contributed by atoms with Crippen molar-refractivity contribution in [2.45, 2.75) is 6.92 Å². The summed E-state index contributed by atoms with van der Waals surface area (Å²) < 4.78 is 6.49. The van der Waals surface area contributed by atoms with Crippen LogP contribution in [0.1, 0.15) is 6.92 Å². The van der Waals surface area contributed by atoms with Gasteiger partial charge < -0.3 is 0 Å². The first-order chi connectivity index (χ1) is 11.8. The van der Waals surface area contributed by atoms with Gasteiger partial charge in [0.05, 0.1) is 0 Å². The number of hydrogen-bond donors (Lipinski definition) is 0. The molecule has 0 spiro atoms. The van der Waals surface area contributed by atoms with Gasteiger partial charge in [-0.1, -0.05) is 0 Å². The number of hydrogen-bond acceptors (Lipinski definition) is 2. The molecule has 3 rings (SSSR count). The van der Waals surface area contributed by atoms with Crippen molar-refractivity contribution in [3.8, 4) is 0 Å². The Morgan fingerprint density at radius 1 is 0.708 bits per heavy atom. The van der Waals surface area contributed by atoms with Crippen LogP contribution in [-0.4, -0.2) is 12.6 Å². The molecule has 0 unspecified atom stereocenters. The van der Waals surface area contributed by atoms with Crippen LogP contribution in [0.25, 0.3) is 0 Å². The summed E-state index contributed by atoms with van der Waals surface area (Å²) in [5.74, 6) is 0. The van der Waals surface area contributed by atoms with Crippen LogP contribution in [0.5, 0.6) is 0 Å². The van der Waals surface area contributed by atoms with Crippen molar-refractivity contribution in [1.82, 2.24) is 0 Å². The van der Waals surface area contributed by atoms with E-state index >= 15 is 0 Å². The van der Waals surface area contributed by atoms with Crippen molar-refractivity contribution in [1.29, 1.82) is 0 Å². The SMILES string of the molecule is CCOP(C=O)(c1ccccc1)(c1ccccc1)c1ccccc1. The number of carbonyl (C=O) groups is 1. The first kappa shape index (κ1) is 16.6. The van der Waals surface area contributed by atoms with Crippen LogP contribution in [0.15, 0.2) is 91.0 Å². The Hall–Kier alpha value is -2.28. The van der Waals surface area contributed by atoms with Crippen molar-refractivity contribution >= 4 is 28.8 Å². The van der Waals surface area contributed by atoms with Gasteiger partial charge in [0.1, 0.15) is 0 Å².